The van der Waals surface area contributed by atoms with Crippen LogP contribution in [0.25, 0.3) is 12.2 Å². The van der Waals surface area contributed by atoms with Gasteiger partial charge in [-0.05, 0) is 17.2 Å². The van der Waals surface area contributed by atoms with Crippen LogP contribution in [-0.4, -0.2) is 19.8 Å². The molecule has 1 heteroatoms. The number of rotatable bonds is 0. The van der Waals surface area contributed by atoms with Gasteiger partial charge in [-0.15, -0.1) is 0 Å². The third kappa shape index (κ3) is 3.44. The van der Waals surface area contributed by atoms with Gasteiger partial charge in [0.15, 0.2) is 0 Å². The zero-order valence-corrected chi connectivity index (χ0v) is 11.3. The molecule has 0 aliphatic heterocycles. The molecule has 2 bridgehead atoms. The standard InChI is InChI=1S/C8H6.3CH3.Sn.H/c1-2-7-4-5-8(3-1)6-7;;;;;/h1-6H;3*1H3;;. The summed E-state index contributed by atoms with van der Waals surface area (Å²) >= 11 is -0.637. The molecule has 1 aromatic rings. The molecule has 64 valence electrons. The predicted molar refractivity (Wildman–Crippen MR) is 60.1 cm³/mol. The van der Waals surface area contributed by atoms with Crippen molar-refractivity contribution in [3.8, 4) is 0 Å². The van der Waals surface area contributed by atoms with E-state index in [2.05, 4.69) is 51.2 Å². The minimum absolute atomic E-state index is 0.637. The molecule has 0 saturated carbocycles. The molecule has 0 amide bonds. The van der Waals surface area contributed by atoms with E-state index in [9.17, 15) is 0 Å². The van der Waals surface area contributed by atoms with Crippen LogP contribution in [0.15, 0.2) is 24.3 Å². The van der Waals surface area contributed by atoms with E-state index in [-0.39, 0.29) is 0 Å². The van der Waals surface area contributed by atoms with E-state index >= 15 is 0 Å². The molecule has 1 aliphatic rings. The maximum absolute atomic E-state index is 2.38. The number of hydrogen-bond donors (Lipinski definition) is 0. The van der Waals surface area contributed by atoms with Crippen molar-refractivity contribution in [1.29, 1.82) is 0 Å². The summed E-state index contributed by atoms with van der Waals surface area (Å²) in [6.07, 6.45) is 4.24. The molecule has 12 heavy (non-hydrogen) atoms. The molecule has 0 nitrogen and oxygen atoms in total. The SMILES string of the molecule is C1=Cc2cccc1c2.[CH3][SnH]([CH3])[CH3]. The van der Waals surface area contributed by atoms with Gasteiger partial charge in [0.05, 0.1) is 0 Å². The summed E-state index contributed by atoms with van der Waals surface area (Å²) in [6, 6.07) is 8.45. The summed E-state index contributed by atoms with van der Waals surface area (Å²) in [5.41, 5.74) is 2.64. The van der Waals surface area contributed by atoms with Gasteiger partial charge in [-0.3, -0.25) is 0 Å². The Kier molecular flexibility index (Phi) is 3.86. The van der Waals surface area contributed by atoms with Crippen LogP contribution < -0.4 is 0 Å². The van der Waals surface area contributed by atoms with Crippen LogP contribution >= 0.6 is 0 Å². The van der Waals surface area contributed by atoms with Crippen LogP contribution in [-0.2, 0) is 0 Å². The van der Waals surface area contributed by atoms with Crippen LogP contribution in [0.5, 0.6) is 0 Å². The number of fused-ring (bicyclic) bond motifs is 2. The van der Waals surface area contributed by atoms with E-state index in [1.165, 1.54) is 11.1 Å². The van der Waals surface area contributed by atoms with Gasteiger partial charge in [-0.25, -0.2) is 0 Å². The van der Waals surface area contributed by atoms with E-state index in [1.807, 2.05) is 0 Å². The van der Waals surface area contributed by atoms with Crippen LogP contribution in [0.4, 0.5) is 0 Å². The molecule has 2 rings (SSSR count). The second-order valence-corrected chi connectivity index (χ2v) is 13.6. The van der Waals surface area contributed by atoms with Crippen molar-refractivity contribution in [1.82, 2.24) is 0 Å². The average molecular weight is 267 g/mol. The predicted octanol–water partition coefficient (Wildman–Crippen LogP) is 3.27. The first kappa shape index (κ1) is 9.84. The molecule has 0 N–H and O–H groups in total. The minimum atomic E-state index is -0.637. The molecule has 0 heterocycles. The van der Waals surface area contributed by atoms with Crippen molar-refractivity contribution in [2.45, 2.75) is 14.8 Å². The number of hydrogen-bond acceptors (Lipinski definition) is 0. The Bertz CT molecular complexity index is 250. The summed E-state index contributed by atoms with van der Waals surface area (Å²) in [5, 5.41) is 0. The van der Waals surface area contributed by atoms with Gasteiger partial charge in [0.2, 0.25) is 0 Å². The topological polar surface area (TPSA) is 0 Å². The molecule has 1 aliphatic carbocycles. The van der Waals surface area contributed by atoms with E-state index in [4.69, 9.17) is 0 Å². The molecule has 0 atom stereocenters. The normalized spacial score (nSPS) is 11.3. The first-order valence-electron chi connectivity index (χ1n) is 4.46. The Morgan fingerprint density at radius 1 is 0.917 bits per heavy atom. The fraction of sp³-hybridized carbons (Fsp3) is 0.273. The first-order chi connectivity index (χ1) is 5.68. The van der Waals surface area contributed by atoms with Gasteiger partial charge in [0.25, 0.3) is 0 Å². The zero-order valence-electron chi connectivity index (χ0n) is 8.04. The average Bonchev–Trinajstić information content (AvgIpc) is 2.30. The van der Waals surface area contributed by atoms with Crippen molar-refractivity contribution in [3.63, 3.8) is 0 Å². The molecule has 1 aromatic carbocycles. The Morgan fingerprint density at radius 3 is 1.67 bits per heavy atom. The monoisotopic (exact) mass is 268 g/mol. The van der Waals surface area contributed by atoms with Crippen LogP contribution in [0.1, 0.15) is 11.1 Å². The zero-order chi connectivity index (χ0) is 8.97. The van der Waals surface area contributed by atoms with Crippen molar-refractivity contribution < 1.29 is 0 Å². The summed E-state index contributed by atoms with van der Waals surface area (Å²) in [4.78, 5) is 7.13. The molecule has 0 unspecified atom stereocenters. The van der Waals surface area contributed by atoms with E-state index < -0.39 is 19.8 Å². The summed E-state index contributed by atoms with van der Waals surface area (Å²) in [7, 11) is 0. The van der Waals surface area contributed by atoms with Crippen LogP contribution in [0, 0.1) is 0 Å². The third-order valence-corrected chi connectivity index (χ3v) is 1.38. The first-order valence-corrected chi connectivity index (χ1v) is 14.4. The van der Waals surface area contributed by atoms with Gasteiger partial charge in [0, 0.05) is 0 Å². The van der Waals surface area contributed by atoms with E-state index in [0.717, 1.165) is 0 Å². The maximum atomic E-state index is 2.38. The molecule has 0 radical (unpaired) electrons. The third-order valence-electron chi connectivity index (χ3n) is 1.38. The van der Waals surface area contributed by atoms with Crippen LogP contribution in [0.2, 0.25) is 14.8 Å². The fourth-order valence-corrected chi connectivity index (χ4v) is 0.959. The molecular formula is C11H16Sn. The van der Waals surface area contributed by atoms with Gasteiger partial charge in [-0.1, -0.05) is 30.4 Å². The summed E-state index contributed by atoms with van der Waals surface area (Å²) in [6.45, 7) is 0. The summed E-state index contributed by atoms with van der Waals surface area (Å²) < 4.78 is 0. The Balaban J connectivity index is 0.000000157. The molecule has 0 saturated heterocycles. The van der Waals surface area contributed by atoms with Crippen molar-refractivity contribution >= 4 is 31.9 Å². The molecule has 0 fully saturated rings. The number of benzene rings is 1. The molecular weight excluding hydrogens is 251 g/mol. The Labute approximate surface area is 82.0 Å². The van der Waals surface area contributed by atoms with E-state index in [0.29, 0.717) is 0 Å². The fourth-order valence-electron chi connectivity index (χ4n) is 0.959. The van der Waals surface area contributed by atoms with Crippen molar-refractivity contribution in [2.75, 3.05) is 0 Å². The van der Waals surface area contributed by atoms with E-state index in [1.54, 1.807) is 0 Å². The molecule has 0 spiro atoms. The van der Waals surface area contributed by atoms with Gasteiger partial charge in [0.1, 0.15) is 0 Å². The van der Waals surface area contributed by atoms with Gasteiger partial charge >= 0.3 is 34.6 Å². The second-order valence-electron chi connectivity index (χ2n) is 3.74. The molecule has 0 aromatic heterocycles. The second kappa shape index (κ2) is 4.70. The summed E-state index contributed by atoms with van der Waals surface area (Å²) in [5.74, 6) is 0. The van der Waals surface area contributed by atoms with Crippen LogP contribution in [0.3, 0.4) is 0 Å². The quantitative estimate of drug-likeness (QED) is 0.642. The Hall–Kier alpha value is -0.241. The Morgan fingerprint density at radius 2 is 1.33 bits per heavy atom. The van der Waals surface area contributed by atoms with Gasteiger partial charge < -0.3 is 0 Å². The van der Waals surface area contributed by atoms with Gasteiger partial charge in [-0.2, -0.15) is 0 Å². The van der Waals surface area contributed by atoms with Crippen molar-refractivity contribution in [3.05, 3.63) is 35.4 Å². The van der Waals surface area contributed by atoms with Crippen molar-refractivity contribution in [2.24, 2.45) is 0 Å².